The molecule has 0 aliphatic rings. The van der Waals surface area contributed by atoms with E-state index in [9.17, 15) is 8.78 Å². The van der Waals surface area contributed by atoms with Crippen LogP contribution in [0.1, 0.15) is 0 Å². The lowest BCUT2D eigenvalue weighted by Crippen LogP contribution is -2.43. The molecule has 0 spiro atoms. The fourth-order valence-corrected chi connectivity index (χ4v) is 3.22. The van der Waals surface area contributed by atoms with Gasteiger partial charge in [0.1, 0.15) is 5.82 Å². The Balaban J connectivity index is 3.43. The van der Waals surface area contributed by atoms with Crippen LogP contribution < -0.4 is 5.19 Å². The smallest absolute Gasteiger partial charge is 0.214 e. The Morgan fingerprint density at radius 3 is 2.23 bits per heavy atom. The van der Waals surface area contributed by atoms with Crippen LogP contribution in [0.3, 0.4) is 0 Å². The monoisotopic (exact) mass is 313 g/mol. The lowest BCUT2D eigenvalue weighted by molar-refractivity contribution is 0.560. The van der Waals surface area contributed by atoms with Crippen molar-refractivity contribution < 1.29 is 8.78 Å². The lowest BCUT2D eigenvalue weighted by atomic mass is 10.5. The van der Waals surface area contributed by atoms with E-state index in [1.807, 2.05) is 42.2 Å². The van der Waals surface area contributed by atoms with Crippen molar-refractivity contribution in [3.05, 3.63) is 21.5 Å². The molecule has 0 radical (unpaired) electrons. The summed E-state index contributed by atoms with van der Waals surface area (Å²) in [6.07, 6.45) is 1.22. The van der Waals surface area contributed by atoms with Gasteiger partial charge in [-0.2, -0.15) is 4.39 Å². The predicted molar refractivity (Wildman–Crippen MR) is 59.9 cm³/mol. The minimum atomic E-state index is -1.97. The van der Waals surface area contributed by atoms with Crippen molar-refractivity contribution in [2.45, 2.75) is 19.6 Å². The van der Waals surface area contributed by atoms with E-state index in [2.05, 4.69) is 4.98 Å². The van der Waals surface area contributed by atoms with Crippen LogP contribution in [0.2, 0.25) is 19.6 Å². The number of nitrogens with zero attached hydrogens (tertiary/aromatic N) is 1. The second kappa shape index (κ2) is 3.60. The molecule has 0 unspecified atom stereocenters. The highest BCUT2D eigenvalue weighted by molar-refractivity contribution is 14.1. The van der Waals surface area contributed by atoms with Gasteiger partial charge in [-0.25, -0.2) is 9.37 Å². The molecule has 0 aliphatic carbocycles. The van der Waals surface area contributed by atoms with Gasteiger partial charge in [-0.05, 0) is 22.6 Å². The number of rotatable bonds is 1. The topological polar surface area (TPSA) is 12.9 Å². The first-order chi connectivity index (χ1) is 5.84. The van der Waals surface area contributed by atoms with E-state index in [1.165, 1.54) is 6.20 Å². The molecule has 5 heteroatoms. The first kappa shape index (κ1) is 11.0. The van der Waals surface area contributed by atoms with Crippen molar-refractivity contribution in [1.29, 1.82) is 0 Å². The van der Waals surface area contributed by atoms with E-state index in [1.54, 1.807) is 0 Å². The molecule has 1 nitrogen and oxygen atoms in total. The number of hydrogen-bond acceptors (Lipinski definition) is 1. The number of halogens is 3. The van der Waals surface area contributed by atoms with Gasteiger partial charge in [0.15, 0.2) is 0 Å². The van der Waals surface area contributed by atoms with Crippen LogP contribution in [-0.4, -0.2) is 13.1 Å². The SMILES string of the molecule is C[Si](C)(C)c1c(F)ncc(I)c1F. The molecule has 0 N–H and O–H groups in total. The van der Waals surface area contributed by atoms with Crippen molar-refractivity contribution in [3.8, 4) is 0 Å². The zero-order valence-corrected chi connectivity index (χ0v) is 10.8. The molecule has 0 amide bonds. The summed E-state index contributed by atoms with van der Waals surface area (Å²) in [5, 5.41) is 0.194. The van der Waals surface area contributed by atoms with E-state index in [-0.39, 0.29) is 5.19 Å². The Morgan fingerprint density at radius 1 is 1.31 bits per heavy atom. The largest absolute Gasteiger partial charge is 0.227 e. The van der Waals surface area contributed by atoms with Crippen molar-refractivity contribution in [3.63, 3.8) is 0 Å². The minimum Gasteiger partial charge on any atom is -0.227 e. The maximum Gasteiger partial charge on any atom is 0.214 e. The molecule has 0 aromatic carbocycles. The van der Waals surface area contributed by atoms with Crippen molar-refractivity contribution in [2.75, 3.05) is 0 Å². The molecule has 0 saturated carbocycles. The third kappa shape index (κ3) is 2.25. The molecule has 0 saturated heterocycles. The highest BCUT2D eigenvalue weighted by Crippen LogP contribution is 2.13. The molecular weight excluding hydrogens is 303 g/mol. The van der Waals surface area contributed by atoms with Crippen LogP contribution in [0.15, 0.2) is 6.20 Å². The summed E-state index contributed by atoms with van der Waals surface area (Å²) < 4.78 is 27.1. The molecule has 0 aliphatic heterocycles. The maximum absolute atomic E-state index is 13.5. The molecule has 1 rings (SSSR count). The third-order valence-corrected chi connectivity index (χ3v) is 4.35. The van der Waals surface area contributed by atoms with E-state index >= 15 is 0 Å². The Labute approximate surface area is 90.7 Å². The molecular formula is C8H10F2INSi. The Morgan fingerprint density at radius 2 is 1.85 bits per heavy atom. The van der Waals surface area contributed by atoms with E-state index < -0.39 is 19.8 Å². The molecule has 72 valence electrons. The summed E-state index contributed by atoms with van der Waals surface area (Å²) in [7, 11) is -1.97. The standard InChI is InChI=1S/C8H10F2INSi/c1-13(2,3)7-6(9)5(11)4-12-8(7)10/h4H,1-3H3. The van der Waals surface area contributed by atoms with Crippen LogP contribution >= 0.6 is 22.6 Å². The first-order valence-electron chi connectivity index (χ1n) is 3.84. The van der Waals surface area contributed by atoms with E-state index in [4.69, 9.17) is 0 Å². The fourth-order valence-electron chi connectivity index (χ4n) is 1.08. The van der Waals surface area contributed by atoms with Crippen LogP contribution in [-0.2, 0) is 0 Å². The molecule has 0 bridgehead atoms. The number of pyridine rings is 1. The summed E-state index contributed by atoms with van der Waals surface area (Å²) in [5.74, 6) is -1.09. The van der Waals surface area contributed by atoms with Crippen molar-refractivity contribution in [1.82, 2.24) is 4.98 Å². The average Bonchev–Trinajstić information content (AvgIpc) is 1.95. The Kier molecular flexibility index (Phi) is 3.06. The van der Waals surface area contributed by atoms with Gasteiger partial charge in [0, 0.05) is 11.4 Å². The first-order valence-corrected chi connectivity index (χ1v) is 8.42. The molecule has 1 aromatic rings. The molecule has 0 atom stereocenters. The summed E-state index contributed by atoms with van der Waals surface area (Å²) in [6.45, 7) is 5.69. The van der Waals surface area contributed by atoms with E-state index in [0.29, 0.717) is 3.57 Å². The Bertz CT molecular complexity index is 336. The van der Waals surface area contributed by atoms with Crippen molar-refractivity contribution >= 4 is 35.9 Å². The maximum atomic E-state index is 13.5. The normalized spacial score (nSPS) is 11.8. The van der Waals surface area contributed by atoms with Gasteiger partial charge in [0.05, 0.1) is 11.6 Å². The molecule has 0 fully saturated rings. The zero-order valence-electron chi connectivity index (χ0n) is 7.66. The van der Waals surface area contributed by atoms with Gasteiger partial charge in [-0.15, -0.1) is 0 Å². The van der Waals surface area contributed by atoms with Crippen LogP contribution in [0.5, 0.6) is 0 Å². The second-order valence-corrected chi connectivity index (χ2v) is 10.00. The van der Waals surface area contributed by atoms with Crippen LogP contribution in [0.4, 0.5) is 8.78 Å². The van der Waals surface area contributed by atoms with Gasteiger partial charge >= 0.3 is 0 Å². The van der Waals surface area contributed by atoms with Gasteiger partial charge in [-0.3, -0.25) is 0 Å². The van der Waals surface area contributed by atoms with Gasteiger partial charge in [0.25, 0.3) is 0 Å². The summed E-state index contributed by atoms with van der Waals surface area (Å²) >= 11 is 1.82. The molecule has 1 heterocycles. The Hall–Kier alpha value is -0.0431. The summed E-state index contributed by atoms with van der Waals surface area (Å²) in [4.78, 5) is 3.53. The van der Waals surface area contributed by atoms with Gasteiger partial charge in [-0.1, -0.05) is 19.6 Å². The highest BCUT2D eigenvalue weighted by Gasteiger charge is 2.27. The van der Waals surface area contributed by atoms with Crippen molar-refractivity contribution in [2.24, 2.45) is 0 Å². The minimum absolute atomic E-state index is 0.194. The molecule has 13 heavy (non-hydrogen) atoms. The average molecular weight is 313 g/mol. The second-order valence-electron chi connectivity index (χ2n) is 3.84. The van der Waals surface area contributed by atoms with E-state index in [0.717, 1.165) is 0 Å². The highest BCUT2D eigenvalue weighted by atomic mass is 127. The molecule has 1 aromatic heterocycles. The number of hydrogen-bond donors (Lipinski definition) is 0. The van der Waals surface area contributed by atoms with Gasteiger partial charge in [0.2, 0.25) is 5.95 Å². The van der Waals surface area contributed by atoms with Crippen LogP contribution in [0.25, 0.3) is 0 Å². The quantitative estimate of drug-likeness (QED) is 0.441. The fraction of sp³-hybridized carbons (Fsp3) is 0.375. The predicted octanol–water partition coefficient (Wildman–Crippen LogP) is 2.51. The summed E-state index contributed by atoms with van der Waals surface area (Å²) in [6, 6.07) is 0. The van der Waals surface area contributed by atoms with Gasteiger partial charge < -0.3 is 0 Å². The lowest BCUT2D eigenvalue weighted by Gasteiger charge is -2.17. The van der Waals surface area contributed by atoms with Crippen LogP contribution in [0, 0.1) is 15.3 Å². The zero-order chi connectivity index (χ0) is 10.2. The summed E-state index contributed by atoms with van der Waals surface area (Å²) in [5.41, 5.74) is 0. The third-order valence-electron chi connectivity index (χ3n) is 1.68. The number of aromatic nitrogens is 1.